The van der Waals surface area contributed by atoms with Gasteiger partial charge in [-0.1, -0.05) is 0 Å². The van der Waals surface area contributed by atoms with Gasteiger partial charge in [-0.3, -0.25) is 0 Å². The molecule has 0 saturated carbocycles. The van der Waals surface area contributed by atoms with Gasteiger partial charge in [0.15, 0.2) is 0 Å². The Morgan fingerprint density at radius 2 is 1.86 bits per heavy atom. The Morgan fingerprint density at radius 1 is 1.43 bits per heavy atom. The normalized spacial score (nSPS) is 8.57. The average molecular weight is 111 g/mol. The standard InChI is InChI=1S/C4H11NS.Li/c1-5(2)3-4-6;/h6H,3-4H2,1-2H3;/q;+1/p-1. The average Bonchev–Trinajstić information content (AvgIpc) is 1.35. The zero-order valence-corrected chi connectivity index (χ0v) is 6.09. The van der Waals surface area contributed by atoms with Crippen LogP contribution < -0.4 is 18.9 Å². The Labute approximate surface area is 63.0 Å². The van der Waals surface area contributed by atoms with E-state index in [0.717, 1.165) is 12.3 Å². The van der Waals surface area contributed by atoms with E-state index in [1.807, 2.05) is 14.1 Å². The number of nitrogens with zero attached hydrogens (tertiary/aromatic N) is 1. The Hall–Kier alpha value is 0.907. The van der Waals surface area contributed by atoms with Crippen LogP contribution >= 0.6 is 0 Å². The molecule has 0 radical (unpaired) electrons. The molecular weight excluding hydrogens is 101 g/mol. The molecule has 0 aromatic carbocycles. The molecule has 0 bridgehead atoms. The van der Waals surface area contributed by atoms with Crippen molar-refractivity contribution >= 4 is 12.6 Å². The molecule has 3 heteroatoms. The molecule has 0 atom stereocenters. The van der Waals surface area contributed by atoms with Crippen molar-refractivity contribution in [2.24, 2.45) is 0 Å². The minimum Gasteiger partial charge on any atom is -0.791 e. The fourth-order valence-corrected chi connectivity index (χ4v) is 0.548. The maximum atomic E-state index is 4.69. The van der Waals surface area contributed by atoms with Crippen LogP contribution in [0, 0.1) is 0 Å². The van der Waals surface area contributed by atoms with Gasteiger partial charge in [0.1, 0.15) is 0 Å². The van der Waals surface area contributed by atoms with E-state index in [-0.39, 0.29) is 18.9 Å². The molecule has 0 aliphatic carbocycles. The van der Waals surface area contributed by atoms with Crippen molar-refractivity contribution < 1.29 is 18.9 Å². The van der Waals surface area contributed by atoms with Crippen LogP contribution in [-0.4, -0.2) is 31.3 Å². The Bertz CT molecular complexity index is 32.9. The van der Waals surface area contributed by atoms with E-state index in [1.165, 1.54) is 0 Å². The first-order chi connectivity index (χ1) is 2.77. The van der Waals surface area contributed by atoms with E-state index in [1.54, 1.807) is 0 Å². The van der Waals surface area contributed by atoms with Crippen LogP contribution in [-0.2, 0) is 12.6 Å². The van der Waals surface area contributed by atoms with E-state index in [2.05, 4.69) is 17.5 Å². The molecule has 0 aromatic heterocycles. The van der Waals surface area contributed by atoms with E-state index in [4.69, 9.17) is 0 Å². The summed E-state index contributed by atoms with van der Waals surface area (Å²) >= 11 is 4.69. The molecule has 0 rings (SSSR count). The molecule has 0 heterocycles. The topological polar surface area (TPSA) is 3.24 Å². The molecule has 0 spiro atoms. The van der Waals surface area contributed by atoms with Crippen LogP contribution in [0.1, 0.15) is 0 Å². The number of hydrogen-bond donors (Lipinski definition) is 0. The largest absolute Gasteiger partial charge is 1.00 e. The van der Waals surface area contributed by atoms with Gasteiger partial charge in [0, 0.05) is 0 Å². The van der Waals surface area contributed by atoms with Gasteiger partial charge in [0.2, 0.25) is 0 Å². The third-order valence-corrected chi connectivity index (χ3v) is 0.721. The molecule has 0 N–H and O–H groups in total. The van der Waals surface area contributed by atoms with Crippen molar-refractivity contribution in [2.45, 2.75) is 0 Å². The van der Waals surface area contributed by atoms with E-state index in [0.29, 0.717) is 0 Å². The summed E-state index contributed by atoms with van der Waals surface area (Å²) in [5.74, 6) is 0.840. The summed E-state index contributed by atoms with van der Waals surface area (Å²) in [4.78, 5) is 2.08. The first-order valence-electron chi connectivity index (χ1n) is 2.00. The van der Waals surface area contributed by atoms with E-state index < -0.39 is 0 Å². The Balaban J connectivity index is 0. The maximum absolute atomic E-state index is 4.69. The second kappa shape index (κ2) is 6.91. The zero-order valence-electron chi connectivity index (χ0n) is 5.27. The monoisotopic (exact) mass is 111 g/mol. The van der Waals surface area contributed by atoms with Crippen molar-refractivity contribution in [1.82, 2.24) is 4.90 Å². The maximum Gasteiger partial charge on any atom is 1.00 e. The molecule has 38 valence electrons. The quantitative estimate of drug-likeness (QED) is 0.278. The molecule has 0 aliphatic heterocycles. The Morgan fingerprint density at radius 3 is 1.86 bits per heavy atom. The third-order valence-electron chi connectivity index (χ3n) is 0.539. The first-order valence-corrected chi connectivity index (χ1v) is 2.58. The van der Waals surface area contributed by atoms with Crippen LogP contribution in [0.25, 0.3) is 0 Å². The fourth-order valence-electron chi connectivity index (χ4n) is 0.183. The second-order valence-corrected chi connectivity index (χ2v) is 1.92. The van der Waals surface area contributed by atoms with Crippen molar-refractivity contribution in [3.63, 3.8) is 0 Å². The zero-order chi connectivity index (χ0) is 4.99. The van der Waals surface area contributed by atoms with E-state index in [9.17, 15) is 0 Å². The summed E-state index contributed by atoms with van der Waals surface area (Å²) in [5.41, 5.74) is 0. The molecule has 0 amide bonds. The molecule has 1 nitrogen and oxygen atoms in total. The van der Waals surface area contributed by atoms with Crippen LogP contribution in [0.2, 0.25) is 0 Å². The summed E-state index contributed by atoms with van der Waals surface area (Å²) in [6.45, 7) is 1.02. The summed E-state index contributed by atoms with van der Waals surface area (Å²) in [7, 11) is 4.04. The molecule has 7 heavy (non-hydrogen) atoms. The van der Waals surface area contributed by atoms with Gasteiger partial charge < -0.3 is 17.5 Å². The van der Waals surface area contributed by atoms with Gasteiger partial charge >= 0.3 is 18.9 Å². The van der Waals surface area contributed by atoms with Crippen molar-refractivity contribution in [3.05, 3.63) is 0 Å². The Kier molecular flexibility index (Phi) is 10.7. The first kappa shape index (κ1) is 10.8. The van der Waals surface area contributed by atoms with Crippen LogP contribution in [0.3, 0.4) is 0 Å². The SMILES string of the molecule is CN(C)CC[S-].[Li+]. The second-order valence-electron chi connectivity index (χ2n) is 1.51. The minimum absolute atomic E-state index is 0. The van der Waals surface area contributed by atoms with Gasteiger partial charge in [-0.15, -0.1) is 0 Å². The van der Waals surface area contributed by atoms with Gasteiger partial charge in [-0.25, -0.2) is 0 Å². The number of hydrogen-bond acceptors (Lipinski definition) is 2. The molecule has 0 saturated heterocycles. The van der Waals surface area contributed by atoms with Gasteiger partial charge in [0.05, 0.1) is 0 Å². The third kappa shape index (κ3) is 10.9. The molecule has 0 fully saturated rings. The molecule has 0 aromatic rings. The fraction of sp³-hybridized carbons (Fsp3) is 1.00. The smallest absolute Gasteiger partial charge is 0.791 e. The van der Waals surface area contributed by atoms with Crippen molar-refractivity contribution in [1.29, 1.82) is 0 Å². The van der Waals surface area contributed by atoms with Crippen LogP contribution in [0.15, 0.2) is 0 Å². The number of rotatable bonds is 2. The predicted octanol–water partition coefficient (Wildman–Crippen LogP) is -2.90. The van der Waals surface area contributed by atoms with Crippen molar-refractivity contribution in [2.75, 3.05) is 26.4 Å². The van der Waals surface area contributed by atoms with Gasteiger partial charge in [-0.2, -0.15) is 5.75 Å². The summed E-state index contributed by atoms with van der Waals surface area (Å²) in [6, 6.07) is 0. The van der Waals surface area contributed by atoms with Gasteiger partial charge in [0.25, 0.3) is 0 Å². The summed E-state index contributed by atoms with van der Waals surface area (Å²) in [6.07, 6.45) is 0. The molecule has 0 aliphatic rings. The minimum atomic E-state index is 0. The van der Waals surface area contributed by atoms with E-state index >= 15 is 0 Å². The predicted molar refractivity (Wildman–Crippen MR) is 30.8 cm³/mol. The van der Waals surface area contributed by atoms with Crippen LogP contribution in [0.4, 0.5) is 0 Å². The summed E-state index contributed by atoms with van der Waals surface area (Å²) in [5, 5.41) is 0. The van der Waals surface area contributed by atoms with Gasteiger partial charge in [-0.05, 0) is 20.6 Å². The molecular formula is C4H10LiNS. The summed E-state index contributed by atoms with van der Waals surface area (Å²) < 4.78 is 0. The molecule has 0 unspecified atom stereocenters. The van der Waals surface area contributed by atoms with Crippen molar-refractivity contribution in [3.8, 4) is 0 Å². The van der Waals surface area contributed by atoms with Crippen LogP contribution in [0.5, 0.6) is 0 Å².